The van der Waals surface area contributed by atoms with Crippen molar-refractivity contribution < 1.29 is 17.9 Å². The molecule has 0 atom stereocenters. The summed E-state index contributed by atoms with van der Waals surface area (Å²) in [5.74, 6) is -4.43. The maximum Gasteiger partial charge on any atom is 0.203 e. The van der Waals surface area contributed by atoms with E-state index < -0.39 is 17.5 Å². The van der Waals surface area contributed by atoms with Gasteiger partial charge in [-0.3, -0.25) is 0 Å². The molecule has 3 aromatic rings. The fraction of sp³-hybridized carbons (Fsp3) is 0.100. The maximum absolute atomic E-state index is 14.4. The highest BCUT2D eigenvalue weighted by atomic mass is 19.2. The van der Waals surface area contributed by atoms with Crippen molar-refractivity contribution in [3.05, 3.63) is 78.1 Å². The fourth-order valence-corrected chi connectivity index (χ4v) is 2.54. The second-order valence-corrected chi connectivity index (χ2v) is 5.33. The molecule has 0 bridgehead atoms. The second kappa shape index (κ2) is 7.30. The standard InChI is InChI=1S/C20H16F3NO/c1-2-25-17-12-15(18(21)20(23)19(17)22)14-10-6-7-11-16(14)24-13-8-4-3-5-9-13/h3-12,24H,2H2,1H3. The van der Waals surface area contributed by atoms with Gasteiger partial charge in [0.05, 0.1) is 6.61 Å². The van der Waals surface area contributed by atoms with Crippen molar-refractivity contribution in [2.24, 2.45) is 0 Å². The third-order valence-electron chi connectivity index (χ3n) is 3.68. The van der Waals surface area contributed by atoms with E-state index in [0.29, 0.717) is 11.3 Å². The highest BCUT2D eigenvalue weighted by Crippen LogP contribution is 2.36. The van der Waals surface area contributed by atoms with Gasteiger partial charge in [0.25, 0.3) is 0 Å². The zero-order valence-electron chi connectivity index (χ0n) is 13.5. The molecule has 0 saturated carbocycles. The highest BCUT2D eigenvalue weighted by molar-refractivity contribution is 5.82. The summed E-state index contributed by atoms with van der Waals surface area (Å²) in [6, 6.07) is 17.3. The number of hydrogen-bond donors (Lipinski definition) is 1. The molecule has 3 aromatic carbocycles. The van der Waals surface area contributed by atoms with Gasteiger partial charge in [0.2, 0.25) is 5.82 Å². The Morgan fingerprint density at radius 3 is 2.20 bits per heavy atom. The topological polar surface area (TPSA) is 21.3 Å². The lowest BCUT2D eigenvalue weighted by Crippen LogP contribution is -2.02. The van der Waals surface area contributed by atoms with E-state index in [-0.39, 0.29) is 17.9 Å². The zero-order chi connectivity index (χ0) is 17.8. The molecule has 2 nitrogen and oxygen atoms in total. The van der Waals surface area contributed by atoms with Crippen LogP contribution in [0.15, 0.2) is 60.7 Å². The van der Waals surface area contributed by atoms with E-state index in [2.05, 4.69) is 5.32 Å². The van der Waals surface area contributed by atoms with Crippen molar-refractivity contribution in [2.75, 3.05) is 11.9 Å². The Hall–Kier alpha value is -2.95. The number of halogens is 3. The van der Waals surface area contributed by atoms with E-state index in [4.69, 9.17) is 4.74 Å². The van der Waals surface area contributed by atoms with Crippen LogP contribution in [0.2, 0.25) is 0 Å². The molecule has 0 aromatic heterocycles. The highest BCUT2D eigenvalue weighted by Gasteiger charge is 2.22. The normalized spacial score (nSPS) is 10.6. The Morgan fingerprint density at radius 2 is 1.48 bits per heavy atom. The van der Waals surface area contributed by atoms with Gasteiger partial charge in [0, 0.05) is 22.5 Å². The van der Waals surface area contributed by atoms with Crippen LogP contribution in [0, 0.1) is 17.5 Å². The SMILES string of the molecule is CCOc1cc(-c2ccccc2Nc2ccccc2)c(F)c(F)c1F. The Kier molecular flexibility index (Phi) is 4.93. The van der Waals surface area contributed by atoms with E-state index >= 15 is 0 Å². The average molecular weight is 343 g/mol. The molecular weight excluding hydrogens is 327 g/mol. The summed E-state index contributed by atoms with van der Waals surface area (Å²) in [6.45, 7) is 1.79. The van der Waals surface area contributed by atoms with Crippen molar-refractivity contribution in [1.82, 2.24) is 0 Å². The molecule has 0 spiro atoms. The minimum Gasteiger partial charge on any atom is -0.491 e. The number of benzene rings is 3. The van der Waals surface area contributed by atoms with Gasteiger partial charge in [-0.05, 0) is 31.2 Å². The van der Waals surface area contributed by atoms with Crippen LogP contribution in [0.3, 0.4) is 0 Å². The van der Waals surface area contributed by atoms with Crippen LogP contribution in [0.5, 0.6) is 5.75 Å². The second-order valence-electron chi connectivity index (χ2n) is 5.33. The predicted octanol–water partition coefficient (Wildman–Crippen LogP) is 5.91. The van der Waals surface area contributed by atoms with Crippen molar-refractivity contribution in [3.63, 3.8) is 0 Å². The molecule has 0 aliphatic heterocycles. The predicted molar refractivity (Wildman–Crippen MR) is 92.6 cm³/mol. The third kappa shape index (κ3) is 3.45. The lowest BCUT2D eigenvalue weighted by Gasteiger charge is -2.15. The maximum atomic E-state index is 14.4. The van der Waals surface area contributed by atoms with Crippen LogP contribution in [-0.2, 0) is 0 Å². The summed E-state index contributed by atoms with van der Waals surface area (Å²) in [7, 11) is 0. The monoisotopic (exact) mass is 343 g/mol. The average Bonchev–Trinajstić information content (AvgIpc) is 2.64. The molecule has 128 valence electrons. The van der Waals surface area contributed by atoms with Gasteiger partial charge in [-0.15, -0.1) is 0 Å². The number of ether oxygens (including phenoxy) is 1. The Bertz CT molecular complexity index is 882. The molecular formula is C20H16F3NO. The van der Waals surface area contributed by atoms with Gasteiger partial charge in [0.1, 0.15) is 0 Å². The summed E-state index contributed by atoms with van der Waals surface area (Å²) in [4.78, 5) is 0. The minimum absolute atomic E-state index is 0.0682. The first-order chi connectivity index (χ1) is 12.1. The van der Waals surface area contributed by atoms with Gasteiger partial charge >= 0.3 is 0 Å². The molecule has 25 heavy (non-hydrogen) atoms. The summed E-state index contributed by atoms with van der Waals surface area (Å²) in [5.41, 5.74) is 1.70. The van der Waals surface area contributed by atoms with Crippen LogP contribution in [0.1, 0.15) is 6.92 Å². The van der Waals surface area contributed by atoms with Crippen LogP contribution >= 0.6 is 0 Å². The lowest BCUT2D eigenvalue weighted by atomic mass is 10.0. The summed E-state index contributed by atoms with van der Waals surface area (Å²) in [5, 5.41) is 3.16. The van der Waals surface area contributed by atoms with E-state index in [1.807, 2.05) is 30.3 Å². The first kappa shape index (κ1) is 16.9. The summed E-state index contributed by atoms with van der Waals surface area (Å²) < 4.78 is 47.3. The molecule has 0 aliphatic carbocycles. The Morgan fingerprint density at radius 1 is 0.800 bits per heavy atom. The number of anilines is 2. The first-order valence-corrected chi connectivity index (χ1v) is 7.83. The molecule has 0 amide bonds. The number of rotatable bonds is 5. The molecule has 0 unspecified atom stereocenters. The van der Waals surface area contributed by atoms with Crippen LogP contribution < -0.4 is 10.1 Å². The van der Waals surface area contributed by atoms with E-state index in [0.717, 1.165) is 5.69 Å². The smallest absolute Gasteiger partial charge is 0.203 e. The van der Waals surface area contributed by atoms with Crippen molar-refractivity contribution in [1.29, 1.82) is 0 Å². The van der Waals surface area contributed by atoms with Crippen molar-refractivity contribution in [2.45, 2.75) is 6.92 Å². The van der Waals surface area contributed by atoms with Gasteiger partial charge in [0.15, 0.2) is 17.4 Å². The number of hydrogen-bond acceptors (Lipinski definition) is 2. The largest absolute Gasteiger partial charge is 0.491 e. The summed E-state index contributed by atoms with van der Waals surface area (Å²) in [6.07, 6.45) is 0. The van der Waals surface area contributed by atoms with Crippen LogP contribution in [-0.4, -0.2) is 6.61 Å². The fourth-order valence-electron chi connectivity index (χ4n) is 2.54. The van der Waals surface area contributed by atoms with Gasteiger partial charge < -0.3 is 10.1 Å². The van der Waals surface area contributed by atoms with Gasteiger partial charge in [-0.2, -0.15) is 4.39 Å². The van der Waals surface area contributed by atoms with Gasteiger partial charge in [-0.1, -0.05) is 36.4 Å². The molecule has 0 saturated heterocycles. The molecule has 0 fully saturated rings. The first-order valence-electron chi connectivity index (χ1n) is 7.83. The number of para-hydroxylation sites is 2. The van der Waals surface area contributed by atoms with Crippen LogP contribution in [0.25, 0.3) is 11.1 Å². The minimum atomic E-state index is -1.55. The van der Waals surface area contributed by atoms with E-state index in [1.165, 1.54) is 6.07 Å². The third-order valence-corrected chi connectivity index (χ3v) is 3.68. The van der Waals surface area contributed by atoms with Crippen LogP contribution in [0.4, 0.5) is 24.5 Å². The Balaban J connectivity index is 2.11. The molecule has 1 N–H and O–H groups in total. The molecule has 0 heterocycles. The molecule has 0 radical (unpaired) electrons. The lowest BCUT2D eigenvalue weighted by molar-refractivity contribution is 0.310. The molecule has 5 heteroatoms. The van der Waals surface area contributed by atoms with E-state index in [9.17, 15) is 13.2 Å². The molecule has 3 rings (SSSR count). The van der Waals surface area contributed by atoms with Crippen molar-refractivity contribution >= 4 is 11.4 Å². The summed E-state index contributed by atoms with van der Waals surface area (Å²) >= 11 is 0. The van der Waals surface area contributed by atoms with Crippen molar-refractivity contribution in [3.8, 4) is 16.9 Å². The Labute approximate surface area is 143 Å². The van der Waals surface area contributed by atoms with Gasteiger partial charge in [-0.25, -0.2) is 8.78 Å². The van der Waals surface area contributed by atoms with E-state index in [1.54, 1.807) is 31.2 Å². The number of nitrogens with one attached hydrogen (secondary N) is 1. The molecule has 0 aliphatic rings. The quantitative estimate of drug-likeness (QED) is 0.581. The zero-order valence-corrected chi connectivity index (χ0v) is 13.5.